The van der Waals surface area contributed by atoms with E-state index in [2.05, 4.69) is 116 Å². The molecule has 0 radical (unpaired) electrons. The van der Waals surface area contributed by atoms with Gasteiger partial charge in [-0.2, -0.15) is 0 Å². The van der Waals surface area contributed by atoms with Gasteiger partial charge in [-0.15, -0.1) is 0 Å². The van der Waals surface area contributed by atoms with Gasteiger partial charge in [0.2, 0.25) is 0 Å². The Morgan fingerprint density at radius 2 is 1.57 bits per heavy atom. The first kappa shape index (κ1) is 21.9. The van der Waals surface area contributed by atoms with Gasteiger partial charge in [-0.25, -0.2) is 4.98 Å². The van der Waals surface area contributed by atoms with Crippen molar-refractivity contribution in [1.82, 2.24) is 9.55 Å². The molecule has 180 valence electrons. The topological polar surface area (TPSA) is 27.1 Å². The summed E-state index contributed by atoms with van der Waals surface area (Å²) in [5.74, 6) is 2.21. The minimum absolute atomic E-state index is 0.0738. The summed E-state index contributed by atoms with van der Waals surface area (Å²) in [5.41, 5.74) is 11.7. The molecular weight excluding hydrogens is 452 g/mol. The number of rotatable bonds is 3. The Balaban J connectivity index is 1.40. The average molecular weight is 481 g/mol. The van der Waals surface area contributed by atoms with Crippen molar-refractivity contribution in [2.45, 2.75) is 32.8 Å². The number of nitrogens with zero attached hydrogens (tertiary/aromatic N) is 2. The summed E-state index contributed by atoms with van der Waals surface area (Å²) < 4.78 is 8.92. The molecule has 2 unspecified atom stereocenters. The molecule has 0 amide bonds. The summed E-state index contributed by atoms with van der Waals surface area (Å²) in [6.07, 6.45) is 4.67. The molecule has 3 nitrogen and oxygen atoms in total. The Hall–Kier alpha value is -4.37. The van der Waals surface area contributed by atoms with Gasteiger partial charge in [0.05, 0.1) is 11.0 Å². The standard InChI is InChI=1S/C34H28N2O/c1-21-16-23(3)32-28(18-21)29-19-22(2)17-27(33(29)37-32)24-10-9-11-25(20-24)34-35-30-14-7-8-15-31(30)36(34)26-12-5-4-6-13-26/h4-20,28,32H,1-3H3. The van der Waals surface area contributed by atoms with Gasteiger partial charge < -0.3 is 4.74 Å². The third kappa shape index (κ3) is 3.54. The van der Waals surface area contributed by atoms with Crippen LogP contribution in [-0.2, 0) is 0 Å². The van der Waals surface area contributed by atoms with Crippen LogP contribution in [0.3, 0.4) is 0 Å². The molecule has 0 spiro atoms. The molecule has 2 atom stereocenters. The van der Waals surface area contributed by atoms with Crippen molar-refractivity contribution in [2.75, 3.05) is 0 Å². The van der Waals surface area contributed by atoms with Crippen molar-refractivity contribution in [1.29, 1.82) is 0 Å². The van der Waals surface area contributed by atoms with E-state index in [4.69, 9.17) is 9.72 Å². The number of ether oxygens (including phenoxy) is 1. The second-order valence-electron chi connectivity index (χ2n) is 10.3. The van der Waals surface area contributed by atoms with E-state index in [9.17, 15) is 0 Å². The Morgan fingerprint density at radius 3 is 2.43 bits per heavy atom. The first-order valence-electron chi connectivity index (χ1n) is 12.9. The number of imidazole rings is 1. The molecule has 7 rings (SSSR count). The molecule has 0 saturated carbocycles. The second-order valence-corrected chi connectivity index (χ2v) is 10.3. The number of fused-ring (bicyclic) bond motifs is 4. The minimum atomic E-state index is 0.0738. The lowest BCUT2D eigenvalue weighted by molar-refractivity contribution is 0.256. The highest BCUT2D eigenvalue weighted by Gasteiger charge is 2.37. The predicted molar refractivity (Wildman–Crippen MR) is 151 cm³/mol. The van der Waals surface area contributed by atoms with Gasteiger partial charge in [0, 0.05) is 28.3 Å². The number of aromatic nitrogens is 2. The van der Waals surface area contributed by atoms with Gasteiger partial charge >= 0.3 is 0 Å². The summed E-state index contributed by atoms with van der Waals surface area (Å²) in [7, 11) is 0. The van der Waals surface area contributed by atoms with E-state index in [0.717, 1.165) is 45.0 Å². The number of allylic oxidation sites excluding steroid dienone is 2. The highest BCUT2D eigenvalue weighted by atomic mass is 16.5. The van der Waals surface area contributed by atoms with E-state index in [1.165, 1.54) is 22.3 Å². The van der Waals surface area contributed by atoms with Crippen LogP contribution in [0.25, 0.3) is 39.2 Å². The van der Waals surface area contributed by atoms with Crippen LogP contribution in [0.4, 0.5) is 0 Å². The van der Waals surface area contributed by atoms with Crippen LogP contribution in [0, 0.1) is 6.92 Å². The molecule has 1 aliphatic carbocycles. The molecule has 0 bridgehead atoms. The van der Waals surface area contributed by atoms with Gasteiger partial charge in [0.15, 0.2) is 0 Å². The van der Waals surface area contributed by atoms with E-state index in [1.807, 2.05) is 12.1 Å². The molecule has 5 aromatic rings. The summed E-state index contributed by atoms with van der Waals surface area (Å²) in [4.78, 5) is 5.08. The van der Waals surface area contributed by atoms with E-state index < -0.39 is 0 Å². The monoisotopic (exact) mass is 480 g/mol. The Labute approximate surface area is 217 Å². The van der Waals surface area contributed by atoms with Crippen LogP contribution in [0.2, 0.25) is 0 Å². The zero-order valence-electron chi connectivity index (χ0n) is 21.3. The van der Waals surface area contributed by atoms with E-state index in [-0.39, 0.29) is 12.0 Å². The van der Waals surface area contributed by atoms with Gasteiger partial charge in [0.1, 0.15) is 17.7 Å². The zero-order chi connectivity index (χ0) is 25.1. The molecule has 1 aliphatic heterocycles. The van der Waals surface area contributed by atoms with Gasteiger partial charge in [-0.3, -0.25) is 4.57 Å². The number of hydrogen-bond acceptors (Lipinski definition) is 2. The fourth-order valence-electron chi connectivity index (χ4n) is 5.97. The summed E-state index contributed by atoms with van der Waals surface area (Å²) in [6.45, 7) is 6.54. The fraction of sp³-hybridized carbons (Fsp3) is 0.147. The van der Waals surface area contributed by atoms with Gasteiger partial charge in [0.25, 0.3) is 0 Å². The van der Waals surface area contributed by atoms with Crippen molar-refractivity contribution in [3.8, 4) is 34.0 Å². The van der Waals surface area contributed by atoms with Crippen LogP contribution >= 0.6 is 0 Å². The molecule has 0 N–H and O–H groups in total. The van der Waals surface area contributed by atoms with Crippen LogP contribution in [0.15, 0.2) is 114 Å². The third-order valence-corrected chi connectivity index (χ3v) is 7.55. The average Bonchev–Trinajstić information content (AvgIpc) is 3.48. The first-order chi connectivity index (χ1) is 18.1. The van der Waals surface area contributed by atoms with Crippen molar-refractivity contribution >= 4 is 11.0 Å². The molecule has 0 fully saturated rings. The predicted octanol–water partition coefficient (Wildman–Crippen LogP) is 8.42. The number of aryl methyl sites for hydroxylation is 1. The van der Waals surface area contributed by atoms with Crippen LogP contribution in [0.5, 0.6) is 5.75 Å². The maximum Gasteiger partial charge on any atom is 0.145 e. The summed E-state index contributed by atoms with van der Waals surface area (Å²) >= 11 is 0. The second kappa shape index (κ2) is 8.35. The van der Waals surface area contributed by atoms with Crippen molar-refractivity contribution in [2.24, 2.45) is 0 Å². The zero-order valence-corrected chi connectivity index (χ0v) is 21.3. The molecule has 2 heterocycles. The number of hydrogen-bond donors (Lipinski definition) is 0. The lowest BCUT2D eigenvalue weighted by Gasteiger charge is -2.22. The largest absolute Gasteiger partial charge is 0.484 e. The lowest BCUT2D eigenvalue weighted by atomic mass is 9.84. The highest BCUT2D eigenvalue weighted by Crippen LogP contribution is 2.49. The first-order valence-corrected chi connectivity index (χ1v) is 12.9. The van der Waals surface area contributed by atoms with E-state index >= 15 is 0 Å². The third-order valence-electron chi connectivity index (χ3n) is 7.55. The van der Waals surface area contributed by atoms with Crippen molar-refractivity contribution < 1.29 is 4.74 Å². The molecule has 37 heavy (non-hydrogen) atoms. The Kier molecular flexibility index (Phi) is 4.93. The van der Waals surface area contributed by atoms with Crippen molar-refractivity contribution in [3.63, 3.8) is 0 Å². The quantitative estimate of drug-likeness (QED) is 0.259. The summed E-state index contributed by atoms with van der Waals surface area (Å²) in [6, 6.07) is 32.1. The Morgan fingerprint density at radius 1 is 0.784 bits per heavy atom. The lowest BCUT2D eigenvalue weighted by Crippen LogP contribution is -2.21. The number of benzene rings is 4. The van der Waals surface area contributed by atoms with Gasteiger partial charge in [-0.1, -0.05) is 72.3 Å². The van der Waals surface area contributed by atoms with Crippen LogP contribution in [0.1, 0.15) is 30.9 Å². The highest BCUT2D eigenvalue weighted by molar-refractivity contribution is 5.85. The smallest absolute Gasteiger partial charge is 0.145 e. The molecule has 2 aliphatic rings. The number of para-hydroxylation sites is 3. The molecule has 0 saturated heterocycles. The minimum Gasteiger partial charge on any atom is -0.484 e. The normalized spacial score (nSPS) is 18.1. The molecule has 4 aromatic carbocycles. The van der Waals surface area contributed by atoms with Crippen molar-refractivity contribution in [3.05, 3.63) is 125 Å². The Bertz CT molecular complexity index is 1740. The van der Waals surface area contributed by atoms with E-state index in [0.29, 0.717) is 0 Å². The fourth-order valence-corrected chi connectivity index (χ4v) is 5.97. The molecular formula is C34H28N2O. The maximum atomic E-state index is 6.66. The van der Waals surface area contributed by atoms with Crippen LogP contribution < -0.4 is 4.74 Å². The molecule has 3 heteroatoms. The van der Waals surface area contributed by atoms with Gasteiger partial charge in [-0.05, 0) is 73.9 Å². The summed E-state index contributed by atoms with van der Waals surface area (Å²) in [5, 5.41) is 0. The maximum absolute atomic E-state index is 6.66. The van der Waals surface area contributed by atoms with E-state index in [1.54, 1.807) is 0 Å². The van der Waals surface area contributed by atoms with Crippen LogP contribution in [-0.4, -0.2) is 15.7 Å². The SMILES string of the molecule is CC1=CC2c3cc(C)cc(-c4cccc(-c5nc6ccccc6n5-c5ccccc5)c4)c3OC2C(C)=C1. The molecule has 1 aromatic heterocycles.